The van der Waals surface area contributed by atoms with Gasteiger partial charge >= 0.3 is 0 Å². The van der Waals surface area contributed by atoms with E-state index in [0.717, 1.165) is 5.56 Å². The lowest BCUT2D eigenvalue weighted by Gasteiger charge is -2.11. The minimum atomic E-state index is -0.685. The lowest BCUT2D eigenvalue weighted by atomic mass is 10.0. The molecule has 16 heavy (non-hydrogen) atoms. The van der Waals surface area contributed by atoms with Crippen LogP contribution in [0.2, 0.25) is 10.0 Å². The highest BCUT2D eigenvalue weighted by atomic mass is 35.5. The van der Waals surface area contributed by atoms with Crippen LogP contribution in [0, 0.1) is 6.92 Å². The van der Waals surface area contributed by atoms with Gasteiger partial charge in [-0.05, 0) is 36.1 Å². The van der Waals surface area contributed by atoms with E-state index in [1.807, 2.05) is 18.4 Å². The lowest BCUT2D eigenvalue weighted by Crippen LogP contribution is -1.98. The van der Waals surface area contributed by atoms with Crippen molar-refractivity contribution < 1.29 is 5.11 Å². The molecule has 0 spiro atoms. The van der Waals surface area contributed by atoms with Gasteiger partial charge in [0.15, 0.2) is 0 Å². The Balaban J connectivity index is 2.37. The van der Waals surface area contributed by atoms with Crippen LogP contribution >= 0.6 is 34.5 Å². The van der Waals surface area contributed by atoms with Gasteiger partial charge in [-0.2, -0.15) is 0 Å². The molecule has 0 saturated carbocycles. The van der Waals surface area contributed by atoms with Gasteiger partial charge in [0.2, 0.25) is 0 Å². The molecule has 2 aromatic rings. The van der Waals surface area contributed by atoms with Crippen molar-refractivity contribution >= 4 is 34.5 Å². The van der Waals surface area contributed by atoms with Gasteiger partial charge in [0.1, 0.15) is 6.10 Å². The van der Waals surface area contributed by atoms with Gasteiger partial charge in [-0.3, -0.25) is 0 Å². The van der Waals surface area contributed by atoms with Crippen molar-refractivity contribution in [2.24, 2.45) is 0 Å². The van der Waals surface area contributed by atoms with Crippen LogP contribution in [0.5, 0.6) is 0 Å². The largest absolute Gasteiger partial charge is 0.384 e. The summed E-state index contributed by atoms with van der Waals surface area (Å²) < 4.78 is 0. The zero-order valence-electron chi connectivity index (χ0n) is 8.58. The number of aliphatic hydroxyl groups excluding tert-OH is 1. The van der Waals surface area contributed by atoms with Crippen LogP contribution in [-0.4, -0.2) is 5.11 Å². The Labute approximate surface area is 108 Å². The summed E-state index contributed by atoms with van der Waals surface area (Å²) in [7, 11) is 0. The zero-order valence-corrected chi connectivity index (χ0v) is 10.9. The van der Waals surface area contributed by atoms with Crippen LogP contribution in [0.3, 0.4) is 0 Å². The highest BCUT2D eigenvalue weighted by molar-refractivity contribution is 7.10. The fourth-order valence-electron chi connectivity index (χ4n) is 1.51. The molecule has 0 bridgehead atoms. The van der Waals surface area contributed by atoms with Crippen LogP contribution < -0.4 is 0 Å². The van der Waals surface area contributed by atoms with Gasteiger partial charge in [-0.1, -0.05) is 29.3 Å². The molecular formula is C12H10Cl2OS. The predicted octanol–water partition coefficient (Wildman–Crippen LogP) is 4.45. The molecule has 0 aliphatic heterocycles. The van der Waals surface area contributed by atoms with Crippen molar-refractivity contribution in [3.8, 4) is 0 Å². The first-order chi connectivity index (χ1) is 7.58. The summed E-state index contributed by atoms with van der Waals surface area (Å²) >= 11 is 13.5. The minimum absolute atomic E-state index is 0.490. The van der Waals surface area contributed by atoms with Gasteiger partial charge in [0.05, 0.1) is 0 Å². The van der Waals surface area contributed by atoms with Crippen LogP contribution in [0.15, 0.2) is 29.6 Å². The molecule has 2 rings (SSSR count). The summed E-state index contributed by atoms with van der Waals surface area (Å²) in [6.45, 7) is 2.00. The standard InChI is InChI=1S/C12H10Cl2OS/c1-7-4-8(6-16-7)12(15)10-3-2-9(13)5-11(10)14/h2-6,12,15H,1H3. The molecule has 1 atom stereocenters. The maximum atomic E-state index is 10.2. The van der Waals surface area contributed by atoms with Gasteiger partial charge < -0.3 is 5.11 Å². The second-order valence-electron chi connectivity index (χ2n) is 3.56. The second kappa shape index (κ2) is 4.76. The van der Waals surface area contributed by atoms with Crippen LogP contribution in [-0.2, 0) is 0 Å². The zero-order chi connectivity index (χ0) is 11.7. The average Bonchev–Trinajstić information content (AvgIpc) is 2.64. The summed E-state index contributed by atoms with van der Waals surface area (Å²) in [5.74, 6) is 0. The third-order valence-electron chi connectivity index (χ3n) is 2.32. The van der Waals surface area contributed by atoms with E-state index < -0.39 is 6.10 Å². The smallest absolute Gasteiger partial charge is 0.106 e. The monoisotopic (exact) mass is 272 g/mol. The van der Waals surface area contributed by atoms with E-state index in [9.17, 15) is 5.11 Å². The lowest BCUT2D eigenvalue weighted by molar-refractivity contribution is 0.221. The molecule has 0 amide bonds. The van der Waals surface area contributed by atoms with Crippen LogP contribution in [0.4, 0.5) is 0 Å². The number of aryl methyl sites for hydroxylation is 1. The van der Waals surface area contributed by atoms with E-state index in [1.54, 1.807) is 29.5 Å². The molecule has 84 valence electrons. The fraction of sp³-hybridized carbons (Fsp3) is 0.167. The summed E-state index contributed by atoms with van der Waals surface area (Å²) in [6.07, 6.45) is -0.685. The van der Waals surface area contributed by atoms with E-state index in [1.165, 1.54) is 4.88 Å². The average molecular weight is 273 g/mol. The maximum absolute atomic E-state index is 10.2. The van der Waals surface area contributed by atoms with Crippen molar-refractivity contribution in [2.75, 3.05) is 0 Å². The molecule has 1 unspecified atom stereocenters. The minimum Gasteiger partial charge on any atom is -0.384 e. The first-order valence-corrected chi connectivity index (χ1v) is 6.39. The van der Waals surface area contributed by atoms with E-state index in [4.69, 9.17) is 23.2 Å². The Bertz CT molecular complexity index is 507. The number of aliphatic hydroxyl groups is 1. The topological polar surface area (TPSA) is 20.2 Å². The Hall–Kier alpha value is -0.540. The van der Waals surface area contributed by atoms with Gasteiger partial charge in [-0.15, -0.1) is 11.3 Å². The molecule has 1 nitrogen and oxygen atoms in total. The SMILES string of the molecule is Cc1cc(C(O)c2ccc(Cl)cc2Cl)cs1. The van der Waals surface area contributed by atoms with E-state index in [2.05, 4.69) is 0 Å². The van der Waals surface area contributed by atoms with Crippen LogP contribution in [0.1, 0.15) is 22.1 Å². The summed E-state index contributed by atoms with van der Waals surface area (Å²) in [4.78, 5) is 1.17. The molecule has 1 aromatic heterocycles. The predicted molar refractivity (Wildman–Crippen MR) is 69.6 cm³/mol. The summed E-state index contributed by atoms with van der Waals surface area (Å²) in [6, 6.07) is 7.08. The molecule has 1 N–H and O–H groups in total. The molecule has 4 heteroatoms. The molecule has 1 heterocycles. The molecule has 0 saturated heterocycles. The van der Waals surface area contributed by atoms with Crippen molar-refractivity contribution in [1.29, 1.82) is 0 Å². The van der Waals surface area contributed by atoms with Gasteiger partial charge in [0.25, 0.3) is 0 Å². The molecule has 1 aromatic carbocycles. The molecule has 0 radical (unpaired) electrons. The summed E-state index contributed by atoms with van der Waals surface area (Å²) in [5, 5.41) is 13.2. The maximum Gasteiger partial charge on any atom is 0.106 e. The molecular weight excluding hydrogens is 263 g/mol. The number of thiophene rings is 1. The van der Waals surface area contributed by atoms with Crippen molar-refractivity contribution in [3.63, 3.8) is 0 Å². The number of rotatable bonds is 2. The Morgan fingerprint density at radius 1 is 1.25 bits per heavy atom. The van der Waals surface area contributed by atoms with Gasteiger partial charge in [-0.25, -0.2) is 0 Å². The first-order valence-electron chi connectivity index (χ1n) is 4.76. The van der Waals surface area contributed by atoms with Crippen molar-refractivity contribution in [1.82, 2.24) is 0 Å². The van der Waals surface area contributed by atoms with Gasteiger partial charge in [0, 0.05) is 20.5 Å². The van der Waals surface area contributed by atoms with Crippen LogP contribution in [0.25, 0.3) is 0 Å². The number of benzene rings is 1. The number of halogens is 2. The first kappa shape index (κ1) is 11.9. The van der Waals surface area contributed by atoms with Crippen molar-refractivity contribution in [2.45, 2.75) is 13.0 Å². The Kier molecular flexibility index (Phi) is 3.55. The highest BCUT2D eigenvalue weighted by Gasteiger charge is 2.15. The fourth-order valence-corrected chi connectivity index (χ4v) is 2.74. The third kappa shape index (κ3) is 2.41. The highest BCUT2D eigenvalue weighted by Crippen LogP contribution is 2.32. The van der Waals surface area contributed by atoms with E-state index in [0.29, 0.717) is 15.6 Å². The molecule has 0 fully saturated rings. The second-order valence-corrected chi connectivity index (χ2v) is 5.52. The summed E-state index contributed by atoms with van der Waals surface area (Å²) in [5.41, 5.74) is 1.55. The van der Waals surface area contributed by atoms with Crippen molar-refractivity contribution in [3.05, 3.63) is 55.7 Å². The van der Waals surface area contributed by atoms with E-state index in [-0.39, 0.29) is 0 Å². The Morgan fingerprint density at radius 3 is 2.56 bits per heavy atom. The number of hydrogen-bond acceptors (Lipinski definition) is 2. The molecule has 0 aliphatic rings. The van der Waals surface area contributed by atoms with E-state index >= 15 is 0 Å². The number of hydrogen-bond donors (Lipinski definition) is 1. The molecule has 0 aliphatic carbocycles. The normalized spacial score (nSPS) is 12.8. The third-order valence-corrected chi connectivity index (χ3v) is 3.77. The quantitative estimate of drug-likeness (QED) is 0.857. The Morgan fingerprint density at radius 2 is 2.00 bits per heavy atom.